The first-order chi connectivity index (χ1) is 12.7. The lowest BCUT2D eigenvalue weighted by molar-refractivity contribution is 0.192. The number of anilines is 1. The molecule has 134 valence electrons. The normalized spacial score (nSPS) is 17.3. The van der Waals surface area contributed by atoms with E-state index in [2.05, 4.69) is 26.1 Å². The van der Waals surface area contributed by atoms with Crippen LogP contribution in [0.25, 0.3) is 5.69 Å². The maximum Gasteiger partial charge on any atom is 0.321 e. The number of carbonyl (C=O) groups excluding carboxylic acids is 1. The molecule has 2 amide bonds. The van der Waals surface area contributed by atoms with Crippen molar-refractivity contribution in [3.63, 3.8) is 0 Å². The molecule has 6 heteroatoms. The van der Waals surface area contributed by atoms with Crippen molar-refractivity contribution in [3.8, 4) is 5.69 Å². The number of urea groups is 1. The summed E-state index contributed by atoms with van der Waals surface area (Å²) in [5.41, 5.74) is 4.08. The number of carbonyl (C=O) groups is 1. The van der Waals surface area contributed by atoms with E-state index in [-0.39, 0.29) is 6.03 Å². The summed E-state index contributed by atoms with van der Waals surface area (Å²) < 4.78 is 2.06. The largest absolute Gasteiger partial charge is 0.324 e. The third-order valence-corrected chi connectivity index (χ3v) is 5.10. The van der Waals surface area contributed by atoms with Crippen molar-refractivity contribution in [2.24, 2.45) is 0 Å². The van der Waals surface area contributed by atoms with E-state index < -0.39 is 0 Å². The molecule has 1 aliphatic rings. The van der Waals surface area contributed by atoms with Crippen LogP contribution in [0.3, 0.4) is 0 Å². The zero-order chi connectivity index (χ0) is 17.9. The highest BCUT2D eigenvalue weighted by molar-refractivity contribution is 5.90. The van der Waals surface area contributed by atoms with Crippen molar-refractivity contribution in [1.29, 1.82) is 0 Å². The van der Waals surface area contributed by atoms with E-state index in [4.69, 9.17) is 0 Å². The number of amides is 2. The molecule has 2 N–H and O–H groups in total. The number of benzene rings is 1. The van der Waals surface area contributed by atoms with E-state index in [0.717, 1.165) is 42.0 Å². The molecule has 0 spiro atoms. The maximum absolute atomic E-state index is 12.8. The summed E-state index contributed by atoms with van der Waals surface area (Å²) in [6, 6.07) is 11.9. The summed E-state index contributed by atoms with van der Waals surface area (Å²) >= 11 is 0. The molecule has 0 bridgehead atoms. The number of hydrogen-bond acceptors (Lipinski definition) is 2. The minimum Gasteiger partial charge on any atom is -0.324 e. The second-order valence-corrected chi connectivity index (χ2v) is 6.77. The van der Waals surface area contributed by atoms with Crippen LogP contribution in [0.4, 0.5) is 10.5 Å². The van der Waals surface area contributed by atoms with Crippen LogP contribution in [0.1, 0.15) is 30.0 Å². The lowest BCUT2D eigenvalue weighted by Gasteiger charge is -2.32. The lowest BCUT2D eigenvalue weighted by Crippen LogP contribution is -2.41. The first kappa shape index (κ1) is 16.4. The van der Waals surface area contributed by atoms with Gasteiger partial charge in [-0.1, -0.05) is 6.07 Å². The fourth-order valence-electron chi connectivity index (χ4n) is 3.64. The Hall–Kier alpha value is -3.02. The third-order valence-electron chi connectivity index (χ3n) is 5.10. The molecule has 0 radical (unpaired) electrons. The van der Waals surface area contributed by atoms with Gasteiger partial charge in [-0.05, 0) is 55.7 Å². The van der Waals surface area contributed by atoms with Crippen LogP contribution in [-0.2, 0) is 0 Å². The van der Waals surface area contributed by atoms with Crippen molar-refractivity contribution >= 4 is 11.7 Å². The molecule has 0 saturated carbocycles. The van der Waals surface area contributed by atoms with Gasteiger partial charge < -0.3 is 14.8 Å². The molecule has 0 aliphatic carbocycles. The molecule has 4 rings (SSSR count). The van der Waals surface area contributed by atoms with Crippen molar-refractivity contribution < 1.29 is 4.79 Å². The smallest absolute Gasteiger partial charge is 0.321 e. The molecule has 1 saturated heterocycles. The predicted octanol–water partition coefficient (Wildman–Crippen LogP) is 3.92. The Morgan fingerprint density at radius 1 is 1.23 bits per heavy atom. The van der Waals surface area contributed by atoms with E-state index >= 15 is 0 Å². The van der Waals surface area contributed by atoms with E-state index in [1.54, 1.807) is 6.20 Å². The molecule has 6 nitrogen and oxygen atoms in total. The van der Waals surface area contributed by atoms with Gasteiger partial charge >= 0.3 is 6.03 Å². The summed E-state index contributed by atoms with van der Waals surface area (Å²) in [5.74, 6) is 0.323. The van der Waals surface area contributed by atoms with Crippen LogP contribution in [0, 0.1) is 6.92 Å². The minimum absolute atomic E-state index is 0.0398. The number of hydrogen-bond donors (Lipinski definition) is 2. The van der Waals surface area contributed by atoms with Crippen molar-refractivity contribution in [1.82, 2.24) is 19.7 Å². The molecule has 1 aliphatic heterocycles. The van der Waals surface area contributed by atoms with Gasteiger partial charge in [-0.15, -0.1) is 0 Å². The summed E-state index contributed by atoms with van der Waals surface area (Å²) in [5, 5.41) is 10.2. The molecule has 1 fully saturated rings. The Kier molecular flexibility index (Phi) is 4.48. The number of nitrogens with one attached hydrogen (secondary N) is 2. The Morgan fingerprint density at radius 3 is 2.85 bits per heavy atom. The number of aromatic amines is 1. The van der Waals surface area contributed by atoms with Gasteiger partial charge in [0.05, 0.1) is 0 Å². The number of likely N-dealkylation sites (tertiary alicyclic amines) is 1. The molecule has 1 atom stereocenters. The maximum atomic E-state index is 12.8. The quantitative estimate of drug-likeness (QED) is 0.753. The van der Waals surface area contributed by atoms with Gasteiger partial charge in [0.25, 0.3) is 0 Å². The lowest BCUT2D eigenvalue weighted by atomic mass is 9.95. The molecular formula is C20H23N5O. The van der Waals surface area contributed by atoms with Gasteiger partial charge in [0.2, 0.25) is 0 Å². The van der Waals surface area contributed by atoms with E-state index in [0.29, 0.717) is 12.5 Å². The van der Waals surface area contributed by atoms with Gasteiger partial charge in [0, 0.05) is 54.7 Å². The Labute approximate surface area is 152 Å². The fourth-order valence-corrected chi connectivity index (χ4v) is 3.64. The summed E-state index contributed by atoms with van der Waals surface area (Å²) in [6.07, 6.45) is 7.86. The molecule has 1 aromatic carbocycles. The number of H-pyrrole nitrogens is 1. The first-order valence-electron chi connectivity index (χ1n) is 9.00. The molecule has 3 aromatic rings. The van der Waals surface area contributed by atoms with Crippen molar-refractivity contribution in [2.45, 2.75) is 25.7 Å². The van der Waals surface area contributed by atoms with Gasteiger partial charge in [-0.3, -0.25) is 5.10 Å². The number of aromatic nitrogens is 3. The highest BCUT2D eigenvalue weighted by Crippen LogP contribution is 2.27. The Bertz CT molecular complexity index is 870. The number of piperidine rings is 1. The summed E-state index contributed by atoms with van der Waals surface area (Å²) in [4.78, 5) is 14.7. The van der Waals surface area contributed by atoms with Gasteiger partial charge in [0.15, 0.2) is 0 Å². The van der Waals surface area contributed by atoms with Crippen LogP contribution in [0.5, 0.6) is 0 Å². The van der Waals surface area contributed by atoms with Crippen LogP contribution in [0.2, 0.25) is 0 Å². The van der Waals surface area contributed by atoms with E-state index in [9.17, 15) is 4.79 Å². The minimum atomic E-state index is -0.0398. The molecule has 2 aromatic heterocycles. The topological polar surface area (TPSA) is 66.0 Å². The molecule has 0 unspecified atom stereocenters. The highest BCUT2D eigenvalue weighted by Gasteiger charge is 2.25. The van der Waals surface area contributed by atoms with Crippen molar-refractivity contribution in [3.05, 3.63) is 66.2 Å². The second-order valence-electron chi connectivity index (χ2n) is 6.77. The van der Waals surface area contributed by atoms with Crippen LogP contribution >= 0.6 is 0 Å². The zero-order valence-electron chi connectivity index (χ0n) is 14.9. The average molecular weight is 349 g/mol. The van der Waals surface area contributed by atoms with Crippen molar-refractivity contribution in [2.75, 3.05) is 18.4 Å². The van der Waals surface area contributed by atoms with Crippen LogP contribution in [-0.4, -0.2) is 38.8 Å². The summed E-state index contributed by atoms with van der Waals surface area (Å²) in [7, 11) is 0. The second kappa shape index (κ2) is 7.07. The third kappa shape index (κ3) is 3.22. The van der Waals surface area contributed by atoms with Crippen LogP contribution < -0.4 is 5.32 Å². The zero-order valence-corrected chi connectivity index (χ0v) is 14.9. The molecular weight excluding hydrogens is 326 g/mol. The van der Waals surface area contributed by atoms with Gasteiger partial charge in [0.1, 0.15) is 0 Å². The predicted molar refractivity (Wildman–Crippen MR) is 102 cm³/mol. The number of rotatable bonds is 3. The Balaban J connectivity index is 1.49. The monoisotopic (exact) mass is 349 g/mol. The van der Waals surface area contributed by atoms with E-state index in [1.807, 2.05) is 54.5 Å². The summed E-state index contributed by atoms with van der Waals surface area (Å²) in [6.45, 7) is 3.53. The average Bonchev–Trinajstić information content (AvgIpc) is 3.37. The first-order valence-corrected chi connectivity index (χ1v) is 9.00. The molecule has 3 heterocycles. The highest BCUT2D eigenvalue weighted by atomic mass is 16.2. The van der Waals surface area contributed by atoms with Gasteiger partial charge in [-0.2, -0.15) is 5.10 Å². The van der Waals surface area contributed by atoms with Crippen LogP contribution in [0.15, 0.2) is 55.0 Å². The SMILES string of the molecule is Cc1c(NC(=O)N2CCC[C@@H](c3ccn[nH]3)C2)cccc1-n1cccc1. The Morgan fingerprint density at radius 2 is 2.08 bits per heavy atom. The number of nitrogens with zero attached hydrogens (tertiary/aromatic N) is 3. The molecule has 26 heavy (non-hydrogen) atoms. The fraction of sp³-hybridized carbons (Fsp3) is 0.300. The standard InChI is InChI=1S/C20H23N5O/c1-15-17(7-4-8-19(15)24-11-2-3-12-24)22-20(26)25-13-5-6-16(14-25)18-9-10-21-23-18/h2-4,7-12,16H,5-6,13-14H2,1H3,(H,21,23)(H,22,26)/t16-/m1/s1. The van der Waals surface area contributed by atoms with E-state index in [1.165, 1.54) is 0 Å². The van der Waals surface area contributed by atoms with Gasteiger partial charge in [-0.25, -0.2) is 4.79 Å².